The van der Waals surface area contributed by atoms with Crippen molar-refractivity contribution in [2.75, 3.05) is 25.5 Å². The van der Waals surface area contributed by atoms with Gasteiger partial charge in [0.25, 0.3) is 5.91 Å². The number of carbonyl (C=O) groups excluding carboxylic acids is 5. The van der Waals surface area contributed by atoms with Crippen molar-refractivity contribution in [3.8, 4) is 0 Å². The van der Waals surface area contributed by atoms with Crippen LogP contribution in [0, 0.1) is 0 Å². The number of hydrogen-bond acceptors (Lipinski definition) is 5. The first kappa shape index (κ1) is 19.1. The Balaban J connectivity index is 1.99. The molecule has 2 rings (SSSR count). The number of anilines is 1. The summed E-state index contributed by atoms with van der Waals surface area (Å²) in [5.41, 5.74) is 0.823. The summed E-state index contributed by atoms with van der Waals surface area (Å²) in [5.74, 6) is -2.80. The van der Waals surface area contributed by atoms with Crippen LogP contribution in [0.1, 0.15) is 30.1 Å². The first-order valence-electron chi connectivity index (χ1n) is 8.18. The van der Waals surface area contributed by atoms with E-state index >= 15 is 0 Å². The molecule has 9 heteroatoms. The molecule has 0 spiro atoms. The number of urea groups is 1. The highest BCUT2D eigenvalue weighted by molar-refractivity contribution is 6.45. The summed E-state index contributed by atoms with van der Waals surface area (Å²) in [7, 11) is 1.51. The predicted molar refractivity (Wildman–Crippen MR) is 92.2 cm³/mol. The van der Waals surface area contributed by atoms with E-state index in [2.05, 4.69) is 10.6 Å². The van der Waals surface area contributed by atoms with Gasteiger partial charge in [-0.15, -0.1) is 0 Å². The molecule has 1 aromatic rings. The summed E-state index contributed by atoms with van der Waals surface area (Å²) in [6, 6.07) is 5.31. The summed E-state index contributed by atoms with van der Waals surface area (Å²) in [4.78, 5) is 61.0. The molecule has 0 atom stereocenters. The molecule has 0 radical (unpaired) electrons. The number of benzene rings is 1. The molecule has 1 aliphatic heterocycles. The van der Waals surface area contributed by atoms with Crippen LogP contribution in [0.4, 0.5) is 10.5 Å². The van der Waals surface area contributed by atoms with E-state index in [1.54, 1.807) is 0 Å². The van der Waals surface area contributed by atoms with Crippen molar-refractivity contribution in [1.29, 1.82) is 0 Å². The van der Waals surface area contributed by atoms with Gasteiger partial charge in [-0.2, -0.15) is 0 Å². The summed E-state index contributed by atoms with van der Waals surface area (Å²) in [6.45, 7) is 1.50. The van der Waals surface area contributed by atoms with E-state index in [0.29, 0.717) is 22.6 Å². The molecule has 1 fully saturated rings. The zero-order valence-electron chi connectivity index (χ0n) is 14.6. The maximum Gasteiger partial charge on any atom is 0.334 e. The number of rotatable bonds is 7. The second kappa shape index (κ2) is 8.24. The van der Waals surface area contributed by atoms with Crippen molar-refractivity contribution in [2.45, 2.75) is 19.8 Å². The summed E-state index contributed by atoms with van der Waals surface area (Å²) in [5, 5.41) is 5.00. The van der Waals surface area contributed by atoms with E-state index < -0.39 is 30.3 Å². The highest BCUT2D eigenvalue weighted by atomic mass is 16.2. The molecule has 6 amide bonds. The van der Waals surface area contributed by atoms with E-state index in [1.165, 1.54) is 31.3 Å². The maximum atomic E-state index is 12.2. The van der Waals surface area contributed by atoms with Crippen molar-refractivity contribution in [3.63, 3.8) is 0 Å². The van der Waals surface area contributed by atoms with Gasteiger partial charge in [-0.25, -0.2) is 9.69 Å². The molecule has 0 bridgehead atoms. The Hall–Kier alpha value is -3.23. The number of unbranched alkanes of at least 4 members (excludes halogenated alkanes) is 1. The molecule has 1 heterocycles. The van der Waals surface area contributed by atoms with E-state index in [0.717, 1.165) is 11.3 Å². The molecule has 1 aromatic carbocycles. The van der Waals surface area contributed by atoms with Crippen molar-refractivity contribution in [1.82, 2.24) is 15.1 Å². The molecule has 9 nitrogen and oxygen atoms in total. The molecule has 0 unspecified atom stereocenters. The minimum absolute atomic E-state index is 0.152. The second-order valence-corrected chi connectivity index (χ2v) is 5.69. The van der Waals surface area contributed by atoms with Crippen LogP contribution in [-0.2, 0) is 14.4 Å². The van der Waals surface area contributed by atoms with Gasteiger partial charge in [0.2, 0.25) is 5.91 Å². The van der Waals surface area contributed by atoms with E-state index in [9.17, 15) is 24.0 Å². The number of imide groups is 2. The first-order valence-corrected chi connectivity index (χ1v) is 8.18. The summed E-state index contributed by atoms with van der Waals surface area (Å²) in [6.07, 6.45) is 1.35. The van der Waals surface area contributed by atoms with Gasteiger partial charge in [-0.3, -0.25) is 24.1 Å². The quantitative estimate of drug-likeness (QED) is 0.545. The van der Waals surface area contributed by atoms with Crippen LogP contribution in [0.3, 0.4) is 0 Å². The number of hydrogen-bond donors (Lipinski definition) is 2. The zero-order chi connectivity index (χ0) is 19.3. The fourth-order valence-corrected chi connectivity index (χ4v) is 2.40. The SMILES string of the molecule is CCCCN1C(=O)C(=O)N(CC(=O)Nc2ccc(C(=O)NC)cc2)C1=O. The lowest BCUT2D eigenvalue weighted by Gasteiger charge is -2.15. The molecular weight excluding hydrogens is 340 g/mol. The molecule has 1 saturated heterocycles. The number of nitrogens with zero attached hydrogens (tertiary/aromatic N) is 2. The van der Waals surface area contributed by atoms with Gasteiger partial charge in [0, 0.05) is 24.8 Å². The Kier molecular flexibility index (Phi) is 6.05. The maximum absolute atomic E-state index is 12.2. The minimum Gasteiger partial charge on any atom is -0.355 e. The fourth-order valence-electron chi connectivity index (χ4n) is 2.40. The predicted octanol–water partition coefficient (Wildman–Crippen LogP) is 0.576. The topological polar surface area (TPSA) is 116 Å². The van der Waals surface area contributed by atoms with Crippen molar-refractivity contribution in [2.24, 2.45) is 0 Å². The van der Waals surface area contributed by atoms with Crippen LogP contribution in [0.25, 0.3) is 0 Å². The molecule has 2 N–H and O–H groups in total. The smallest absolute Gasteiger partial charge is 0.334 e. The van der Waals surface area contributed by atoms with Crippen LogP contribution in [-0.4, -0.2) is 59.6 Å². The molecule has 26 heavy (non-hydrogen) atoms. The molecule has 0 saturated carbocycles. The zero-order valence-corrected chi connectivity index (χ0v) is 14.6. The number of amides is 6. The van der Waals surface area contributed by atoms with Crippen molar-refractivity contribution in [3.05, 3.63) is 29.8 Å². The fraction of sp³-hybridized carbons (Fsp3) is 0.353. The molecule has 0 aromatic heterocycles. The number of nitrogens with one attached hydrogen (secondary N) is 2. The van der Waals surface area contributed by atoms with Crippen molar-refractivity contribution >= 4 is 35.3 Å². The van der Waals surface area contributed by atoms with Gasteiger partial charge in [0.05, 0.1) is 0 Å². The minimum atomic E-state index is -1.00. The van der Waals surface area contributed by atoms with Crippen LogP contribution in [0.5, 0.6) is 0 Å². The van der Waals surface area contributed by atoms with Gasteiger partial charge in [0.1, 0.15) is 6.54 Å². The average molecular weight is 360 g/mol. The third-order valence-corrected chi connectivity index (χ3v) is 3.83. The Labute approximate surface area is 150 Å². The molecule has 138 valence electrons. The summed E-state index contributed by atoms with van der Waals surface area (Å²) >= 11 is 0. The molecule has 0 aliphatic carbocycles. The highest BCUT2D eigenvalue weighted by Gasteiger charge is 2.44. The first-order chi connectivity index (χ1) is 12.4. The van der Waals surface area contributed by atoms with Gasteiger partial charge < -0.3 is 10.6 Å². The molecular formula is C17H20N4O5. The Morgan fingerprint density at radius 2 is 1.62 bits per heavy atom. The van der Waals surface area contributed by atoms with Crippen LogP contribution in [0.2, 0.25) is 0 Å². The van der Waals surface area contributed by atoms with Crippen LogP contribution < -0.4 is 10.6 Å². The van der Waals surface area contributed by atoms with Gasteiger partial charge in [0.15, 0.2) is 0 Å². The normalized spacial score (nSPS) is 14.0. The van der Waals surface area contributed by atoms with E-state index in [1.807, 2.05) is 6.92 Å². The van der Waals surface area contributed by atoms with Crippen LogP contribution >= 0.6 is 0 Å². The van der Waals surface area contributed by atoms with Crippen LogP contribution in [0.15, 0.2) is 24.3 Å². The lowest BCUT2D eigenvalue weighted by molar-refractivity contribution is -0.143. The Bertz CT molecular complexity index is 744. The average Bonchev–Trinajstić information content (AvgIpc) is 2.83. The van der Waals surface area contributed by atoms with E-state index in [-0.39, 0.29) is 12.5 Å². The lowest BCUT2D eigenvalue weighted by Crippen LogP contribution is -2.39. The Morgan fingerprint density at radius 1 is 1.00 bits per heavy atom. The van der Waals surface area contributed by atoms with Gasteiger partial charge in [-0.1, -0.05) is 13.3 Å². The standard InChI is InChI=1S/C17H20N4O5/c1-3-4-9-20-15(24)16(25)21(17(20)26)10-13(22)19-12-7-5-11(6-8-12)14(23)18-2/h5-8H,3-4,9-10H2,1-2H3,(H,18,23)(H,19,22). The van der Waals surface area contributed by atoms with Gasteiger partial charge in [-0.05, 0) is 30.7 Å². The lowest BCUT2D eigenvalue weighted by atomic mass is 10.2. The second-order valence-electron chi connectivity index (χ2n) is 5.69. The third-order valence-electron chi connectivity index (χ3n) is 3.83. The van der Waals surface area contributed by atoms with Crippen molar-refractivity contribution < 1.29 is 24.0 Å². The monoisotopic (exact) mass is 360 g/mol. The molecule has 1 aliphatic rings. The number of carbonyl (C=O) groups is 5. The largest absolute Gasteiger partial charge is 0.355 e. The summed E-state index contributed by atoms with van der Waals surface area (Å²) < 4.78 is 0. The Morgan fingerprint density at radius 3 is 2.19 bits per heavy atom. The highest BCUT2D eigenvalue weighted by Crippen LogP contribution is 2.14. The van der Waals surface area contributed by atoms with Gasteiger partial charge >= 0.3 is 17.8 Å². The third kappa shape index (κ3) is 4.05. The van der Waals surface area contributed by atoms with E-state index in [4.69, 9.17) is 0 Å².